The number of nitrogens with zero attached hydrogens (tertiary/aromatic N) is 2. The molecule has 0 aliphatic carbocycles. The Hall–Kier alpha value is -1.37. The molecule has 0 bridgehead atoms. The first-order chi connectivity index (χ1) is 9.88. The molecule has 1 aliphatic rings. The van der Waals surface area contributed by atoms with E-state index in [1.54, 1.807) is 0 Å². The molecule has 0 fully saturated rings. The van der Waals surface area contributed by atoms with Gasteiger partial charge in [0.05, 0.1) is 15.2 Å². The van der Waals surface area contributed by atoms with Crippen LogP contribution < -0.4 is 10.5 Å². The highest BCUT2D eigenvalue weighted by molar-refractivity contribution is 14.1. The molecule has 2 heterocycles. The number of ether oxygens (including phenoxy) is 1. The van der Waals surface area contributed by atoms with Crippen molar-refractivity contribution in [3.05, 3.63) is 44.9 Å². The molecule has 1 aromatic carbocycles. The minimum absolute atomic E-state index is 0.0570. The van der Waals surface area contributed by atoms with Gasteiger partial charge in [-0.25, -0.2) is 9.97 Å². The van der Waals surface area contributed by atoms with Crippen LogP contribution in [-0.4, -0.2) is 16.6 Å². The highest BCUT2D eigenvalue weighted by Gasteiger charge is 2.30. The molecule has 0 saturated heterocycles. The average molecular weight is 395 g/mol. The number of rotatable bonds is 1. The SMILES string of the molecule is CC(C)(C)c1nc(C2COc3ccccc32)nc(N)c1I. The quantitative estimate of drug-likeness (QED) is 0.752. The summed E-state index contributed by atoms with van der Waals surface area (Å²) < 4.78 is 6.68. The van der Waals surface area contributed by atoms with E-state index in [-0.39, 0.29) is 11.3 Å². The molecule has 3 rings (SSSR count). The summed E-state index contributed by atoms with van der Waals surface area (Å²) in [5.74, 6) is 2.28. The van der Waals surface area contributed by atoms with Crippen LogP contribution in [0.2, 0.25) is 0 Å². The Labute approximate surface area is 138 Å². The zero-order valence-corrected chi connectivity index (χ0v) is 14.5. The van der Waals surface area contributed by atoms with Gasteiger partial charge in [0.15, 0.2) is 0 Å². The van der Waals surface area contributed by atoms with Crippen LogP contribution >= 0.6 is 22.6 Å². The summed E-state index contributed by atoms with van der Waals surface area (Å²) in [4.78, 5) is 9.31. The van der Waals surface area contributed by atoms with Crippen LogP contribution in [0.4, 0.5) is 5.82 Å². The summed E-state index contributed by atoms with van der Waals surface area (Å²) in [5.41, 5.74) is 8.17. The Balaban J connectivity index is 2.11. The van der Waals surface area contributed by atoms with Crippen molar-refractivity contribution in [2.75, 3.05) is 12.3 Å². The summed E-state index contributed by atoms with van der Waals surface area (Å²) in [5, 5.41) is 0. The van der Waals surface area contributed by atoms with Crippen LogP contribution in [0.1, 0.15) is 43.8 Å². The molecule has 1 aliphatic heterocycles. The number of nitrogens with two attached hydrogens (primary N) is 1. The lowest BCUT2D eigenvalue weighted by Gasteiger charge is -2.22. The average Bonchev–Trinajstić information content (AvgIpc) is 2.84. The second kappa shape index (κ2) is 5.12. The number of hydrogen-bond donors (Lipinski definition) is 1. The van der Waals surface area contributed by atoms with Crippen molar-refractivity contribution in [3.8, 4) is 5.75 Å². The van der Waals surface area contributed by atoms with Gasteiger partial charge in [-0.3, -0.25) is 0 Å². The highest BCUT2D eigenvalue weighted by Crippen LogP contribution is 2.38. The summed E-state index contributed by atoms with van der Waals surface area (Å²) in [6, 6.07) is 8.05. The van der Waals surface area contributed by atoms with Gasteiger partial charge in [0.2, 0.25) is 0 Å². The largest absolute Gasteiger partial charge is 0.492 e. The fourth-order valence-corrected chi connectivity index (χ4v) is 3.56. The molecule has 1 unspecified atom stereocenters. The van der Waals surface area contributed by atoms with Crippen molar-refractivity contribution in [1.29, 1.82) is 0 Å². The fourth-order valence-electron chi connectivity index (χ4n) is 2.51. The van der Waals surface area contributed by atoms with Crippen molar-refractivity contribution in [3.63, 3.8) is 0 Å². The van der Waals surface area contributed by atoms with Gasteiger partial charge < -0.3 is 10.5 Å². The smallest absolute Gasteiger partial charge is 0.142 e. The van der Waals surface area contributed by atoms with E-state index >= 15 is 0 Å². The third kappa shape index (κ3) is 2.59. The second-order valence-corrected chi connectivity index (χ2v) is 7.36. The third-order valence-corrected chi connectivity index (χ3v) is 4.68. The number of benzene rings is 1. The Morgan fingerprint density at radius 3 is 2.67 bits per heavy atom. The van der Waals surface area contributed by atoms with Gasteiger partial charge in [0.25, 0.3) is 0 Å². The standard InChI is InChI=1S/C16H18IN3O/c1-16(2,3)13-12(17)14(18)20-15(19-13)10-8-21-11-7-5-4-6-9(10)11/h4-7,10H,8H2,1-3H3,(H2,18,19,20). The van der Waals surface area contributed by atoms with Gasteiger partial charge in [-0.05, 0) is 28.7 Å². The van der Waals surface area contributed by atoms with Gasteiger partial charge in [-0.1, -0.05) is 39.0 Å². The second-order valence-electron chi connectivity index (χ2n) is 6.28. The van der Waals surface area contributed by atoms with Gasteiger partial charge >= 0.3 is 0 Å². The number of anilines is 1. The van der Waals surface area contributed by atoms with Gasteiger partial charge in [0, 0.05) is 11.0 Å². The van der Waals surface area contributed by atoms with Gasteiger partial charge in [-0.15, -0.1) is 0 Å². The van der Waals surface area contributed by atoms with E-state index in [9.17, 15) is 0 Å². The summed E-state index contributed by atoms with van der Waals surface area (Å²) in [6.07, 6.45) is 0. The lowest BCUT2D eigenvalue weighted by Crippen LogP contribution is -2.21. The van der Waals surface area contributed by atoms with E-state index in [4.69, 9.17) is 15.5 Å². The predicted molar refractivity (Wildman–Crippen MR) is 91.6 cm³/mol. The van der Waals surface area contributed by atoms with Crippen molar-refractivity contribution in [2.45, 2.75) is 32.1 Å². The minimum atomic E-state index is -0.0681. The lowest BCUT2D eigenvalue weighted by atomic mass is 9.91. The Morgan fingerprint density at radius 1 is 1.24 bits per heavy atom. The Kier molecular flexibility index (Phi) is 3.55. The number of nitrogen functional groups attached to an aromatic ring is 1. The predicted octanol–water partition coefficient (Wildman–Crippen LogP) is 3.49. The highest BCUT2D eigenvalue weighted by atomic mass is 127. The lowest BCUT2D eigenvalue weighted by molar-refractivity contribution is 0.339. The molecule has 21 heavy (non-hydrogen) atoms. The number of hydrogen-bond acceptors (Lipinski definition) is 4. The maximum absolute atomic E-state index is 6.11. The summed E-state index contributed by atoms with van der Waals surface area (Å²) >= 11 is 2.23. The first kappa shape index (κ1) is 14.6. The third-order valence-electron chi connectivity index (χ3n) is 3.62. The molecular weight excluding hydrogens is 377 g/mol. The molecule has 0 radical (unpaired) electrons. The molecule has 0 saturated carbocycles. The normalized spacial score (nSPS) is 17.4. The van der Waals surface area contributed by atoms with E-state index in [1.165, 1.54) is 0 Å². The number of aromatic nitrogens is 2. The maximum atomic E-state index is 6.11. The van der Waals surface area contributed by atoms with Gasteiger partial charge in [0.1, 0.15) is 24.0 Å². The minimum Gasteiger partial charge on any atom is -0.492 e. The molecule has 5 heteroatoms. The van der Waals surface area contributed by atoms with Crippen LogP contribution in [-0.2, 0) is 5.41 Å². The van der Waals surface area contributed by atoms with E-state index < -0.39 is 0 Å². The van der Waals surface area contributed by atoms with Crippen molar-refractivity contribution in [1.82, 2.24) is 9.97 Å². The zero-order valence-electron chi connectivity index (χ0n) is 12.4. The number of halogens is 1. The topological polar surface area (TPSA) is 61.0 Å². The number of fused-ring (bicyclic) bond motifs is 1. The van der Waals surface area contributed by atoms with Crippen LogP contribution in [0.5, 0.6) is 5.75 Å². The van der Waals surface area contributed by atoms with Crippen molar-refractivity contribution in [2.24, 2.45) is 0 Å². The molecule has 110 valence electrons. The summed E-state index contributed by atoms with van der Waals surface area (Å²) in [7, 11) is 0. The van der Waals surface area contributed by atoms with Crippen LogP contribution in [0.25, 0.3) is 0 Å². The zero-order chi connectivity index (χ0) is 15.2. The molecular formula is C16H18IN3O. The number of para-hydroxylation sites is 1. The maximum Gasteiger partial charge on any atom is 0.142 e. The van der Waals surface area contributed by atoms with E-state index in [0.29, 0.717) is 12.4 Å². The fraction of sp³-hybridized carbons (Fsp3) is 0.375. The van der Waals surface area contributed by atoms with Crippen molar-refractivity contribution < 1.29 is 4.74 Å². The summed E-state index contributed by atoms with van der Waals surface area (Å²) in [6.45, 7) is 6.99. The van der Waals surface area contributed by atoms with Crippen LogP contribution in [0.15, 0.2) is 24.3 Å². The molecule has 0 spiro atoms. The van der Waals surface area contributed by atoms with Gasteiger partial charge in [-0.2, -0.15) is 0 Å². The van der Waals surface area contributed by atoms with Crippen molar-refractivity contribution >= 4 is 28.4 Å². The van der Waals surface area contributed by atoms with Crippen LogP contribution in [0, 0.1) is 3.57 Å². The molecule has 2 aromatic rings. The molecule has 4 nitrogen and oxygen atoms in total. The molecule has 0 amide bonds. The monoisotopic (exact) mass is 395 g/mol. The van der Waals surface area contributed by atoms with E-state index in [1.807, 2.05) is 18.2 Å². The molecule has 1 aromatic heterocycles. The van der Waals surface area contributed by atoms with E-state index in [0.717, 1.165) is 26.4 Å². The molecule has 2 N–H and O–H groups in total. The first-order valence-electron chi connectivity index (χ1n) is 6.93. The first-order valence-corrected chi connectivity index (χ1v) is 8.01. The van der Waals surface area contributed by atoms with E-state index in [2.05, 4.69) is 54.4 Å². The Morgan fingerprint density at radius 2 is 1.95 bits per heavy atom. The van der Waals surface area contributed by atoms with Crippen LogP contribution in [0.3, 0.4) is 0 Å². The Bertz CT molecular complexity index is 694. The molecule has 1 atom stereocenters.